The lowest BCUT2D eigenvalue weighted by atomic mass is 10.3. The zero-order chi connectivity index (χ0) is 13.0. The molecular weight excluding hydrogens is 250 g/mol. The quantitative estimate of drug-likeness (QED) is 0.830. The number of methoxy groups -OCH3 is 1. The zero-order valence-corrected chi connectivity index (χ0v) is 10.9. The highest BCUT2D eigenvalue weighted by Gasteiger charge is 2.06. The zero-order valence-electron chi connectivity index (χ0n) is 10.1. The van der Waals surface area contributed by atoms with Gasteiger partial charge in [0.25, 0.3) is 0 Å². The Hall–Kier alpha value is -2.08. The summed E-state index contributed by atoms with van der Waals surface area (Å²) in [5, 5.41) is 10.2. The van der Waals surface area contributed by atoms with Crippen molar-refractivity contribution in [3.8, 4) is 5.75 Å². The molecular formula is C12H13N3O2S. The van der Waals surface area contributed by atoms with Gasteiger partial charge in [0, 0.05) is 6.07 Å². The third-order valence-electron chi connectivity index (χ3n) is 2.22. The molecule has 1 heterocycles. The van der Waals surface area contributed by atoms with E-state index >= 15 is 0 Å². The fourth-order valence-corrected chi connectivity index (χ4v) is 1.66. The molecule has 0 fully saturated rings. The van der Waals surface area contributed by atoms with Crippen molar-refractivity contribution in [2.45, 2.75) is 6.92 Å². The Balaban J connectivity index is 2.03. The first-order valence-corrected chi connectivity index (χ1v) is 5.74. The number of hydrogen-bond donors (Lipinski definition) is 2. The average molecular weight is 263 g/mol. The van der Waals surface area contributed by atoms with E-state index in [1.54, 1.807) is 13.2 Å². The minimum atomic E-state index is 0.424. The van der Waals surface area contributed by atoms with Gasteiger partial charge in [-0.15, -0.1) is 0 Å². The van der Waals surface area contributed by atoms with E-state index in [9.17, 15) is 0 Å². The smallest absolute Gasteiger partial charge is 0.176 e. The number of thiocarbonyl (C=S) groups is 1. The second-order valence-corrected chi connectivity index (χ2v) is 4.01. The monoisotopic (exact) mass is 263 g/mol. The van der Waals surface area contributed by atoms with Crippen molar-refractivity contribution >= 4 is 28.8 Å². The first-order chi connectivity index (χ1) is 8.69. The maximum Gasteiger partial charge on any atom is 0.176 e. The van der Waals surface area contributed by atoms with Gasteiger partial charge in [-0.25, -0.2) is 0 Å². The van der Waals surface area contributed by atoms with Gasteiger partial charge in [0.2, 0.25) is 0 Å². The maximum absolute atomic E-state index is 5.22. The number of anilines is 2. The summed E-state index contributed by atoms with van der Waals surface area (Å²) in [7, 11) is 1.61. The van der Waals surface area contributed by atoms with Crippen LogP contribution in [-0.4, -0.2) is 17.4 Å². The van der Waals surface area contributed by atoms with Crippen molar-refractivity contribution in [3.05, 3.63) is 36.1 Å². The van der Waals surface area contributed by atoms with E-state index in [2.05, 4.69) is 15.8 Å². The predicted molar refractivity (Wildman–Crippen MR) is 74.1 cm³/mol. The summed E-state index contributed by atoms with van der Waals surface area (Å²) in [4.78, 5) is 0. The standard InChI is InChI=1S/C12H13N3O2S/c1-8-7-11(15-17-8)14-12(18)13-9-5-3-4-6-10(9)16-2/h3-7H,1-2H3,(H2,13,14,15,18). The van der Waals surface area contributed by atoms with Crippen molar-refractivity contribution in [1.29, 1.82) is 0 Å². The molecule has 1 aromatic heterocycles. The van der Waals surface area contributed by atoms with Crippen LogP contribution in [0.15, 0.2) is 34.9 Å². The lowest BCUT2D eigenvalue weighted by molar-refractivity contribution is 0.400. The Morgan fingerprint density at radius 2 is 2.11 bits per heavy atom. The highest BCUT2D eigenvalue weighted by molar-refractivity contribution is 7.80. The topological polar surface area (TPSA) is 59.3 Å². The van der Waals surface area contributed by atoms with Gasteiger partial charge in [-0.3, -0.25) is 0 Å². The second-order valence-electron chi connectivity index (χ2n) is 3.60. The van der Waals surface area contributed by atoms with Crippen LogP contribution in [0.3, 0.4) is 0 Å². The van der Waals surface area contributed by atoms with Gasteiger partial charge in [0.15, 0.2) is 10.9 Å². The normalized spacial score (nSPS) is 9.89. The van der Waals surface area contributed by atoms with Crippen molar-refractivity contribution in [2.24, 2.45) is 0 Å². The van der Waals surface area contributed by atoms with E-state index in [4.69, 9.17) is 21.5 Å². The van der Waals surface area contributed by atoms with Crippen LogP contribution in [0.1, 0.15) is 5.76 Å². The Kier molecular flexibility index (Phi) is 3.78. The van der Waals surface area contributed by atoms with Gasteiger partial charge in [-0.2, -0.15) is 0 Å². The highest BCUT2D eigenvalue weighted by atomic mass is 32.1. The number of hydrogen-bond acceptors (Lipinski definition) is 4. The van der Waals surface area contributed by atoms with Gasteiger partial charge in [0.1, 0.15) is 11.5 Å². The van der Waals surface area contributed by atoms with E-state index in [1.807, 2.05) is 31.2 Å². The molecule has 0 radical (unpaired) electrons. The molecule has 0 aliphatic heterocycles. The van der Waals surface area contributed by atoms with Crippen LogP contribution in [0, 0.1) is 6.92 Å². The van der Waals surface area contributed by atoms with Crippen molar-refractivity contribution in [3.63, 3.8) is 0 Å². The summed E-state index contributed by atoms with van der Waals surface area (Å²) in [5.74, 6) is 2.01. The highest BCUT2D eigenvalue weighted by Crippen LogP contribution is 2.23. The Morgan fingerprint density at radius 3 is 2.78 bits per heavy atom. The number of benzene rings is 1. The third kappa shape index (κ3) is 2.98. The number of para-hydroxylation sites is 2. The molecule has 2 aromatic rings. The van der Waals surface area contributed by atoms with Crippen molar-refractivity contribution < 1.29 is 9.26 Å². The Bertz CT molecular complexity index is 554. The SMILES string of the molecule is COc1ccccc1NC(=S)Nc1cc(C)on1. The molecule has 0 saturated carbocycles. The minimum absolute atomic E-state index is 0.424. The van der Waals surface area contributed by atoms with E-state index in [0.717, 1.165) is 17.2 Å². The van der Waals surface area contributed by atoms with Crippen LogP contribution in [0.25, 0.3) is 0 Å². The Morgan fingerprint density at radius 1 is 1.33 bits per heavy atom. The first kappa shape index (κ1) is 12.4. The molecule has 5 nitrogen and oxygen atoms in total. The fourth-order valence-electron chi connectivity index (χ4n) is 1.44. The minimum Gasteiger partial charge on any atom is -0.495 e. The number of aryl methyl sites for hydroxylation is 1. The fraction of sp³-hybridized carbons (Fsp3) is 0.167. The summed E-state index contributed by atoms with van der Waals surface area (Å²) in [6.45, 7) is 1.81. The molecule has 0 aliphatic carbocycles. The molecule has 0 unspecified atom stereocenters. The van der Waals surface area contributed by atoms with Gasteiger partial charge >= 0.3 is 0 Å². The van der Waals surface area contributed by atoms with Crippen LogP contribution >= 0.6 is 12.2 Å². The molecule has 94 valence electrons. The van der Waals surface area contributed by atoms with Crippen molar-refractivity contribution in [2.75, 3.05) is 17.7 Å². The third-order valence-corrected chi connectivity index (χ3v) is 2.43. The molecule has 18 heavy (non-hydrogen) atoms. The summed E-state index contributed by atoms with van der Waals surface area (Å²) in [5.41, 5.74) is 0.790. The Labute approximate surface area is 110 Å². The van der Waals surface area contributed by atoms with E-state index < -0.39 is 0 Å². The van der Waals surface area contributed by atoms with E-state index in [1.165, 1.54) is 0 Å². The molecule has 0 amide bonds. The number of nitrogens with zero attached hydrogens (tertiary/aromatic N) is 1. The molecule has 2 N–H and O–H groups in total. The molecule has 1 aromatic carbocycles. The number of nitrogens with one attached hydrogen (secondary N) is 2. The summed E-state index contributed by atoms with van der Waals surface area (Å²) in [6, 6.07) is 9.28. The van der Waals surface area contributed by atoms with Gasteiger partial charge in [0.05, 0.1) is 12.8 Å². The summed E-state index contributed by atoms with van der Waals surface area (Å²) >= 11 is 5.18. The maximum atomic E-state index is 5.22. The molecule has 0 spiro atoms. The number of ether oxygens (including phenoxy) is 1. The molecule has 0 saturated heterocycles. The number of rotatable bonds is 3. The number of aromatic nitrogens is 1. The lowest BCUT2D eigenvalue weighted by Crippen LogP contribution is -2.19. The largest absolute Gasteiger partial charge is 0.495 e. The molecule has 0 bridgehead atoms. The molecule has 6 heteroatoms. The molecule has 2 rings (SSSR count). The predicted octanol–water partition coefficient (Wildman–Crippen LogP) is 2.80. The molecule has 0 atom stereocenters. The van der Waals surface area contributed by atoms with Crippen LogP contribution in [0.4, 0.5) is 11.5 Å². The summed E-state index contributed by atoms with van der Waals surface area (Å²) < 4.78 is 10.2. The van der Waals surface area contributed by atoms with E-state index in [-0.39, 0.29) is 0 Å². The van der Waals surface area contributed by atoms with Crippen LogP contribution in [0.2, 0.25) is 0 Å². The average Bonchev–Trinajstić information content (AvgIpc) is 2.75. The van der Waals surface area contributed by atoms with Crippen molar-refractivity contribution in [1.82, 2.24) is 5.16 Å². The van der Waals surface area contributed by atoms with Gasteiger partial charge < -0.3 is 19.9 Å². The second kappa shape index (κ2) is 5.50. The van der Waals surface area contributed by atoms with Gasteiger partial charge in [-0.05, 0) is 31.3 Å². The van der Waals surface area contributed by atoms with Crippen LogP contribution in [-0.2, 0) is 0 Å². The van der Waals surface area contributed by atoms with Gasteiger partial charge in [-0.1, -0.05) is 17.3 Å². The van der Waals surface area contributed by atoms with Crippen LogP contribution < -0.4 is 15.4 Å². The summed E-state index contributed by atoms with van der Waals surface area (Å²) in [6.07, 6.45) is 0. The molecule has 0 aliphatic rings. The lowest BCUT2D eigenvalue weighted by Gasteiger charge is -2.11. The first-order valence-electron chi connectivity index (χ1n) is 5.33. The van der Waals surface area contributed by atoms with Crippen LogP contribution in [0.5, 0.6) is 5.75 Å². The van der Waals surface area contributed by atoms with E-state index in [0.29, 0.717) is 10.9 Å².